The van der Waals surface area contributed by atoms with Crippen LogP contribution in [-0.2, 0) is 9.59 Å². The van der Waals surface area contributed by atoms with Crippen LogP contribution in [0.15, 0.2) is 54.1 Å². The highest BCUT2D eigenvalue weighted by atomic mass is 35.5. The van der Waals surface area contributed by atoms with E-state index in [1.54, 1.807) is 42.5 Å². The van der Waals surface area contributed by atoms with Crippen molar-refractivity contribution >= 4 is 41.2 Å². The molecule has 1 fully saturated rings. The molecule has 1 N–H and O–H groups in total. The van der Waals surface area contributed by atoms with Gasteiger partial charge in [-0.1, -0.05) is 35.9 Å². The number of imide groups is 2. The third-order valence-corrected chi connectivity index (χ3v) is 4.08. The van der Waals surface area contributed by atoms with Crippen LogP contribution in [0.4, 0.5) is 10.5 Å². The highest BCUT2D eigenvalue weighted by Gasteiger charge is 2.37. The molecule has 0 aliphatic carbocycles. The number of carbonyl (C=O) groups is 3. The number of rotatable bonds is 4. The van der Waals surface area contributed by atoms with Crippen LogP contribution in [0.5, 0.6) is 5.75 Å². The van der Waals surface area contributed by atoms with E-state index in [-0.39, 0.29) is 22.4 Å². The summed E-state index contributed by atoms with van der Waals surface area (Å²) in [6.45, 7) is 3.84. The largest absolute Gasteiger partial charge is 0.491 e. The maximum atomic E-state index is 12.8. The fraction of sp³-hybridized carbons (Fsp3) is 0.150. The van der Waals surface area contributed by atoms with Crippen molar-refractivity contribution in [1.29, 1.82) is 0 Å². The Morgan fingerprint density at radius 2 is 1.70 bits per heavy atom. The van der Waals surface area contributed by atoms with Crippen molar-refractivity contribution in [2.24, 2.45) is 0 Å². The SMILES string of the molecule is CC(C)Oc1ccc(/C=C2\C(=O)NC(=O)N(c3ccccc3Cl)C2=O)cc1. The molecule has 2 aromatic carbocycles. The average molecular weight is 385 g/mol. The first-order valence-electron chi connectivity index (χ1n) is 8.29. The highest BCUT2D eigenvalue weighted by molar-refractivity contribution is 6.42. The molecule has 27 heavy (non-hydrogen) atoms. The maximum absolute atomic E-state index is 12.8. The smallest absolute Gasteiger partial charge is 0.335 e. The van der Waals surface area contributed by atoms with E-state index in [9.17, 15) is 14.4 Å². The van der Waals surface area contributed by atoms with E-state index in [1.807, 2.05) is 13.8 Å². The monoisotopic (exact) mass is 384 g/mol. The Kier molecular flexibility index (Phi) is 5.28. The van der Waals surface area contributed by atoms with Crippen molar-refractivity contribution < 1.29 is 19.1 Å². The molecule has 1 aliphatic rings. The molecule has 0 atom stereocenters. The fourth-order valence-electron chi connectivity index (χ4n) is 2.59. The first-order valence-corrected chi connectivity index (χ1v) is 8.67. The molecule has 0 unspecified atom stereocenters. The third kappa shape index (κ3) is 4.01. The van der Waals surface area contributed by atoms with Gasteiger partial charge in [0.05, 0.1) is 16.8 Å². The number of hydrogen-bond donors (Lipinski definition) is 1. The van der Waals surface area contributed by atoms with E-state index in [0.29, 0.717) is 11.3 Å². The fourth-order valence-corrected chi connectivity index (χ4v) is 2.81. The predicted molar refractivity (Wildman–Crippen MR) is 103 cm³/mol. The second-order valence-electron chi connectivity index (χ2n) is 6.14. The van der Waals surface area contributed by atoms with Crippen LogP contribution in [0.3, 0.4) is 0 Å². The van der Waals surface area contributed by atoms with Crippen LogP contribution in [0.25, 0.3) is 6.08 Å². The summed E-state index contributed by atoms with van der Waals surface area (Å²) in [5.41, 5.74) is 0.672. The number of ether oxygens (including phenoxy) is 1. The molecule has 3 rings (SSSR count). The van der Waals surface area contributed by atoms with Gasteiger partial charge in [-0.25, -0.2) is 9.69 Å². The van der Waals surface area contributed by atoms with Crippen LogP contribution in [-0.4, -0.2) is 23.9 Å². The van der Waals surface area contributed by atoms with E-state index >= 15 is 0 Å². The van der Waals surface area contributed by atoms with E-state index in [4.69, 9.17) is 16.3 Å². The van der Waals surface area contributed by atoms with Gasteiger partial charge in [0.1, 0.15) is 11.3 Å². The summed E-state index contributed by atoms with van der Waals surface area (Å²) in [4.78, 5) is 38.0. The molecule has 0 bridgehead atoms. The lowest BCUT2D eigenvalue weighted by molar-refractivity contribution is -0.122. The summed E-state index contributed by atoms with van der Waals surface area (Å²) in [6, 6.07) is 12.5. The number of halogens is 1. The summed E-state index contributed by atoms with van der Waals surface area (Å²) >= 11 is 6.10. The van der Waals surface area contributed by atoms with Crippen LogP contribution in [0.2, 0.25) is 5.02 Å². The van der Waals surface area contributed by atoms with Crippen molar-refractivity contribution in [3.05, 3.63) is 64.7 Å². The Bertz CT molecular complexity index is 935. The lowest BCUT2D eigenvalue weighted by Gasteiger charge is -2.27. The van der Waals surface area contributed by atoms with Crippen molar-refractivity contribution in [3.63, 3.8) is 0 Å². The van der Waals surface area contributed by atoms with Crippen molar-refractivity contribution in [2.45, 2.75) is 20.0 Å². The quantitative estimate of drug-likeness (QED) is 0.642. The Morgan fingerprint density at radius 1 is 1.04 bits per heavy atom. The summed E-state index contributed by atoms with van der Waals surface area (Å²) in [6.07, 6.45) is 1.46. The van der Waals surface area contributed by atoms with Gasteiger partial charge in [0.25, 0.3) is 11.8 Å². The Hall–Kier alpha value is -3.12. The van der Waals surface area contributed by atoms with Crippen LogP contribution in [0, 0.1) is 0 Å². The predicted octanol–water partition coefficient (Wildman–Crippen LogP) is 3.79. The number of para-hydroxylation sites is 1. The standard InChI is InChI=1S/C20H17ClN2O4/c1-12(2)27-14-9-7-13(8-10-14)11-15-18(24)22-20(26)23(19(15)25)17-6-4-3-5-16(17)21/h3-12H,1-2H3,(H,22,24,26)/b15-11+. The van der Waals surface area contributed by atoms with E-state index in [1.165, 1.54) is 12.1 Å². The van der Waals surface area contributed by atoms with Crippen LogP contribution >= 0.6 is 11.6 Å². The molecule has 0 radical (unpaired) electrons. The zero-order chi connectivity index (χ0) is 19.6. The van der Waals surface area contributed by atoms with Gasteiger partial charge >= 0.3 is 6.03 Å². The molecule has 1 aliphatic heterocycles. The molecule has 0 spiro atoms. The Balaban J connectivity index is 1.93. The number of anilines is 1. The Morgan fingerprint density at radius 3 is 2.33 bits per heavy atom. The van der Waals surface area contributed by atoms with Crippen molar-refractivity contribution in [2.75, 3.05) is 4.90 Å². The van der Waals surface area contributed by atoms with Gasteiger partial charge in [-0.15, -0.1) is 0 Å². The van der Waals surface area contributed by atoms with Crippen LogP contribution in [0.1, 0.15) is 19.4 Å². The number of carbonyl (C=O) groups excluding carboxylic acids is 3. The topological polar surface area (TPSA) is 75.7 Å². The van der Waals surface area contributed by atoms with Gasteiger partial charge in [-0.2, -0.15) is 0 Å². The lowest BCUT2D eigenvalue weighted by atomic mass is 10.1. The molecule has 1 saturated heterocycles. The molecule has 2 aromatic rings. The molecular formula is C20H17ClN2O4. The Labute approximate surface area is 161 Å². The average Bonchev–Trinajstić information content (AvgIpc) is 2.61. The van der Waals surface area contributed by atoms with Gasteiger partial charge in [0, 0.05) is 0 Å². The number of urea groups is 1. The first-order chi connectivity index (χ1) is 12.9. The number of barbiturate groups is 1. The molecule has 4 amide bonds. The zero-order valence-corrected chi connectivity index (χ0v) is 15.5. The minimum atomic E-state index is -0.837. The van der Waals surface area contributed by atoms with Gasteiger partial charge in [-0.3, -0.25) is 14.9 Å². The molecule has 7 heteroatoms. The van der Waals surface area contributed by atoms with Gasteiger partial charge < -0.3 is 4.74 Å². The molecule has 6 nitrogen and oxygen atoms in total. The zero-order valence-electron chi connectivity index (χ0n) is 14.7. The van der Waals surface area contributed by atoms with Crippen LogP contribution < -0.4 is 15.0 Å². The second kappa shape index (κ2) is 7.63. The van der Waals surface area contributed by atoms with Gasteiger partial charge in [0.15, 0.2) is 0 Å². The summed E-state index contributed by atoms with van der Waals surface area (Å²) in [7, 11) is 0. The van der Waals surface area contributed by atoms with Crippen molar-refractivity contribution in [3.8, 4) is 5.75 Å². The minimum Gasteiger partial charge on any atom is -0.491 e. The number of nitrogens with zero attached hydrogens (tertiary/aromatic N) is 1. The lowest BCUT2D eigenvalue weighted by Crippen LogP contribution is -2.54. The highest BCUT2D eigenvalue weighted by Crippen LogP contribution is 2.28. The molecule has 0 aromatic heterocycles. The molecule has 138 valence electrons. The summed E-state index contributed by atoms with van der Waals surface area (Å²) in [5.74, 6) is -0.811. The molecule has 1 heterocycles. The molecule has 0 saturated carbocycles. The van der Waals surface area contributed by atoms with Crippen molar-refractivity contribution in [1.82, 2.24) is 5.32 Å². The van der Waals surface area contributed by atoms with E-state index in [2.05, 4.69) is 5.32 Å². The van der Waals surface area contributed by atoms with Gasteiger partial charge in [-0.05, 0) is 49.8 Å². The number of benzene rings is 2. The summed E-state index contributed by atoms with van der Waals surface area (Å²) in [5, 5.41) is 2.40. The number of hydrogen-bond acceptors (Lipinski definition) is 4. The molecular weight excluding hydrogens is 368 g/mol. The third-order valence-electron chi connectivity index (χ3n) is 3.76. The number of nitrogens with one attached hydrogen (secondary N) is 1. The summed E-state index contributed by atoms with van der Waals surface area (Å²) < 4.78 is 5.57. The van der Waals surface area contributed by atoms with E-state index in [0.717, 1.165) is 4.90 Å². The van der Waals surface area contributed by atoms with Gasteiger partial charge in [0.2, 0.25) is 0 Å². The number of amides is 4. The maximum Gasteiger partial charge on any atom is 0.335 e. The van der Waals surface area contributed by atoms with E-state index < -0.39 is 17.8 Å². The normalized spacial score (nSPS) is 16.1. The minimum absolute atomic E-state index is 0.0371. The first kappa shape index (κ1) is 18.7. The second-order valence-corrected chi connectivity index (χ2v) is 6.55.